The van der Waals surface area contributed by atoms with Gasteiger partial charge in [0.1, 0.15) is 17.3 Å². The second-order valence-corrected chi connectivity index (χ2v) is 7.40. The third-order valence-corrected chi connectivity index (χ3v) is 6.22. The van der Waals surface area contributed by atoms with Gasteiger partial charge in [-0.25, -0.2) is 0 Å². The molecule has 1 aromatic rings. The number of Topliss-reactive ketones (excluding diaryl/α,β-unsaturated/α-hetero) is 1. The molecule has 3 aliphatic rings. The smallest absolute Gasteiger partial charge is 0.308 e. The normalized spacial score (nSPS) is 34.9. The maximum absolute atomic E-state index is 12.3. The third-order valence-electron chi connectivity index (χ3n) is 6.22. The molecule has 4 heteroatoms. The second kappa shape index (κ2) is 5.08. The van der Waals surface area contributed by atoms with Crippen LogP contribution < -0.4 is 9.47 Å². The highest BCUT2D eigenvalue weighted by atomic mass is 16.5. The summed E-state index contributed by atoms with van der Waals surface area (Å²) in [5.41, 5.74) is 1.07. The summed E-state index contributed by atoms with van der Waals surface area (Å²) >= 11 is 0. The fourth-order valence-electron chi connectivity index (χ4n) is 5.04. The first-order valence-electron chi connectivity index (χ1n) is 8.47. The zero-order valence-electron chi connectivity index (χ0n) is 13.6. The van der Waals surface area contributed by atoms with Crippen molar-refractivity contribution in [3.8, 4) is 11.5 Å². The third kappa shape index (κ3) is 2.19. The molecule has 2 fully saturated rings. The molecule has 0 bridgehead atoms. The van der Waals surface area contributed by atoms with E-state index < -0.39 is 0 Å². The lowest BCUT2D eigenvalue weighted by Crippen LogP contribution is -2.44. The first kappa shape index (κ1) is 14.7. The molecule has 2 aliphatic carbocycles. The lowest BCUT2D eigenvalue weighted by atomic mass is 9.58. The van der Waals surface area contributed by atoms with E-state index in [9.17, 15) is 9.59 Å². The number of hydrogen-bond acceptors (Lipinski definition) is 4. The molecular formula is C19H22O4. The van der Waals surface area contributed by atoms with Gasteiger partial charge in [-0.05, 0) is 42.7 Å². The fourth-order valence-corrected chi connectivity index (χ4v) is 5.04. The van der Waals surface area contributed by atoms with Gasteiger partial charge in [-0.15, -0.1) is 0 Å². The van der Waals surface area contributed by atoms with E-state index in [0.29, 0.717) is 35.9 Å². The van der Waals surface area contributed by atoms with Gasteiger partial charge in [-0.3, -0.25) is 9.59 Å². The van der Waals surface area contributed by atoms with Gasteiger partial charge in [0.2, 0.25) is 0 Å². The molecule has 4 atom stereocenters. The number of rotatable bonds is 1. The number of benzene rings is 1. The largest absolute Gasteiger partial charge is 0.493 e. The van der Waals surface area contributed by atoms with Crippen LogP contribution in [0, 0.1) is 17.3 Å². The maximum Gasteiger partial charge on any atom is 0.308 e. The monoisotopic (exact) mass is 314 g/mol. The van der Waals surface area contributed by atoms with E-state index in [0.717, 1.165) is 31.4 Å². The van der Waals surface area contributed by atoms with Gasteiger partial charge >= 0.3 is 5.97 Å². The van der Waals surface area contributed by atoms with Crippen molar-refractivity contribution >= 4 is 11.8 Å². The van der Waals surface area contributed by atoms with Gasteiger partial charge in [0.25, 0.3) is 0 Å². The highest BCUT2D eigenvalue weighted by molar-refractivity contribution is 5.87. The van der Waals surface area contributed by atoms with Crippen molar-refractivity contribution < 1.29 is 19.1 Å². The van der Waals surface area contributed by atoms with Crippen LogP contribution in [0.5, 0.6) is 11.5 Å². The molecule has 122 valence electrons. The van der Waals surface area contributed by atoms with E-state index in [2.05, 4.69) is 6.92 Å². The lowest BCUT2D eigenvalue weighted by molar-refractivity contribution is -0.132. The molecule has 1 aromatic carbocycles. The van der Waals surface area contributed by atoms with Gasteiger partial charge in [0, 0.05) is 30.7 Å². The number of ether oxygens (including phenoxy) is 2. The van der Waals surface area contributed by atoms with Crippen LogP contribution in [0.1, 0.15) is 51.0 Å². The van der Waals surface area contributed by atoms with Crippen LogP contribution in [0.25, 0.3) is 0 Å². The molecule has 4 nitrogen and oxygen atoms in total. The summed E-state index contributed by atoms with van der Waals surface area (Å²) < 4.78 is 11.2. The molecule has 0 radical (unpaired) electrons. The number of carbonyl (C=O) groups is 2. The van der Waals surface area contributed by atoms with Crippen LogP contribution in [-0.2, 0) is 9.59 Å². The molecule has 0 unspecified atom stereocenters. The molecule has 0 N–H and O–H groups in total. The molecule has 23 heavy (non-hydrogen) atoms. The number of fused-ring (bicyclic) bond motifs is 5. The van der Waals surface area contributed by atoms with E-state index >= 15 is 0 Å². The Morgan fingerprint density at radius 1 is 1.35 bits per heavy atom. The van der Waals surface area contributed by atoms with Crippen molar-refractivity contribution in [2.45, 2.75) is 45.4 Å². The Kier molecular flexibility index (Phi) is 3.26. The average Bonchev–Trinajstić information content (AvgIpc) is 2.82. The van der Waals surface area contributed by atoms with Crippen LogP contribution in [0.4, 0.5) is 0 Å². The van der Waals surface area contributed by atoms with Crippen LogP contribution in [0.3, 0.4) is 0 Å². The van der Waals surface area contributed by atoms with Gasteiger partial charge in [-0.2, -0.15) is 0 Å². The molecule has 1 aliphatic heterocycles. The van der Waals surface area contributed by atoms with E-state index in [1.165, 1.54) is 12.5 Å². The van der Waals surface area contributed by atoms with Crippen molar-refractivity contribution in [2.24, 2.45) is 17.3 Å². The minimum absolute atomic E-state index is 0.139. The summed E-state index contributed by atoms with van der Waals surface area (Å²) in [6.07, 6.45) is 3.73. The zero-order chi connectivity index (χ0) is 16.2. The van der Waals surface area contributed by atoms with E-state index in [1.54, 1.807) is 0 Å². The highest BCUT2D eigenvalue weighted by Gasteiger charge is 2.55. The SMILES string of the molecule is CC(=O)Oc1ccc2c(c1)OC[C@H]1[C@@H]2CC[C@]2(C)C(=O)CC[C@@H]12. The van der Waals surface area contributed by atoms with Gasteiger partial charge in [-0.1, -0.05) is 13.0 Å². The Balaban J connectivity index is 1.65. The summed E-state index contributed by atoms with van der Waals surface area (Å²) in [5.74, 6) is 2.80. The first-order valence-corrected chi connectivity index (χ1v) is 8.47. The van der Waals surface area contributed by atoms with Crippen LogP contribution in [0.2, 0.25) is 0 Å². The average molecular weight is 314 g/mol. The summed E-state index contributed by atoms with van der Waals surface area (Å²) in [7, 11) is 0. The van der Waals surface area contributed by atoms with E-state index in [1.807, 2.05) is 18.2 Å². The minimum Gasteiger partial charge on any atom is -0.493 e. The summed E-state index contributed by atoms with van der Waals surface area (Å²) in [5, 5.41) is 0. The Hall–Kier alpha value is -1.84. The number of hydrogen-bond donors (Lipinski definition) is 0. The standard InChI is InChI=1S/C19H22O4/c1-11(20)23-12-3-4-14-13-7-8-19(2)16(5-6-18(19)21)15(13)10-22-17(14)9-12/h3-4,9,13,15-16H,5-8,10H2,1-2H3/t13-,15+,16+,19+/m1/s1. The van der Waals surface area contributed by atoms with Gasteiger partial charge in [0.05, 0.1) is 6.61 Å². The topological polar surface area (TPSA) is 52.6 Å². The molecule has 0 aromatic heterocycles. The van der Waals surface area contributed by atoms with E-state index in [4.69, 9.17) is 9.47 Å². The number of esters is 1. The fraction of sp³-hybridized carbons (Fsp3) is 0.579. The molecule has 0 spiro atoms. The van der Waals surface area contributed by atoms with Crippen molar-refractivity contribution in [3.05, 3.63) is 23.8 Å². The van der Waals surface area contributed by atoms with Crippen LogP contribution in [-0.4, -0.2) is 18.4 Å². The quantitative estimate of drug-likeness (QED) is 0.588. The maximum atomic E-state index is 12.3. The first-order chi connectivity index (χ1) is 11.0. The highest BCUT2D eigenvalue weighted by Crippen LogP contribution is 2.59. The minimum atomic E-state index is -0.323. The van der Waals surface area contributed by atoms with Crippen LogP contribution >= 0.6 is 0 Å². The zero-order valence-corrected chi connectivity index (χ0v) is 13.6. The van der Waals surface area contributed by atoms with Crippen molar-refractivity contribution in [3.63, 3.8) is 0 Å². The molecule has 4 rings (SSSR count). The van der Waals surface area contributed by atoms with E-state index in [-0.39, 0.29) is 11.4 Å². The Bertz CT molecular complexity index is 680. The Labute approximate surface area is 136 Å². The second-order valence-electron chi connectivity index (χ2n) is 7.40. The lowest BCUT2D eigenvalue weighted by Gasteiger charge is -2.47. The number of ketones is 1. The molecule has 2 saturated carbocycles. The van der Waals surface area contributed by atoms with Gasteiger partial charge in [0.15, 0.2) is 0 Å². The number of carbonyl (C=O) groups excluding carboxylic acids is 2. The predicted octanol–water partition coefficient (Wildman–Crippen LogP) is 3.48. The van der Waals surface area contributed by atoms with Crippen molar-refractivity contribution in [1.29, 1.82) is 0 Å². The summed E-state index contributed by atoms with van der Waals surface area (Å²) in [6, 6.07) is 5.70. The van der Waals surface area contributed by atoms with Crippen molar-refractivity contribution in [1.82, 2.24) is 0 Å². The summed E-state index contributed by atoms with van der Waals surface area (Å²) in [4.78, 5) is 23.4. The van der Waals surface area contributed by atoms with Crippen LogP contribution in [0.15, 0.2) is 18.2 Å². The molecular weight excluding hydrogens is 292 g/mol. The Morgan fingerprint density at radius 3 is 2.96 bits per heavy atom. The predicted molar refractivity (Wildman–Crippen MR) is 84.5 cm³/mol. The van der Waals surface area contributed by atoms with Crippen molar-refractivity contribution in [2.75, 3.05) is 6.61 Å². The molecule has 0 amide bonds. The van der Waals surface area contributed by atoms with Gasteiger partial charge < -0.3 is 9.47 Å². The summed E-state index contributed by atoms with van der Waals surface area (Å²) in [6.45, 7) is 4.21. The molecule has 1 heterocycles. The molecule has 0 saturated heterocycles. The Morgan fingerprint density at radius 2 is 2.17 bits per heavy atom.